The van der Waals surface area contributed by atoms with Crippen LogP contribution in [-0.2, 0) is 17.8 Å². The molecule has 5 nitrogen and oxygen atoms in total. The first kappa shape index (κ1) is 21.4. The summed E-state index contributed by atoms with van der Waals surface area (Å²) in [6, 6.07) is 1.09. The number of nitrogens with zero attached hydrogens (tertiary/aromatic N) is 3. The molecule has 0 bridgehead atoms. The zero-order chi connectivity index (χ0) is 20.1. The van der Waals surface area contributed by atoms with Crippen LogP contribution in [0.2, 0.25) is 0 Å². The third-order valence-corrected chi connectivity index (χ3v) is 6.60. The van der Waals surface area contributed by atoms with Gasteiger partial charge in [-0.2, -0.15) is 5.10 Å². The number of hydrogen-bond acceptors (Lipinski definition) is 3. The molecular formula is C23H40N4O. The van der Waals surface area contributed by atoms with Crippen molar-refractivity contribution in [1.29, 1.82) is 0 Å². The molecule has 3 rings (SSSR count). The van der Waals surface area contributed by atoms with E-state index in [2.05, 4.69) is 47.7 Å². The standard InChI is InChI=1S/C23H40N4O/c1-17(2)15-27-19(4)22(18(3)25-27)11-12-23(28)24-20-13-14-26(16-20)21-9-7-5-6-8-10-21/h17,20-21H,5-16H2,1-4H3,(H,24,28). The van der Waals surface area contributed by atoms with Crippen LogP contribution in [0.5, 0.6) is 0 Å². The predicted molar refractivity (Wildman–Crippen MR) is 114 cm³/mol. The topological polar surface area (TPSA) is 50.2 Å². The fraction of sp³-hybridized carbons (Fsp3) is 0.826. The Bertz CT molecular complexity index is 643. The highest BCUT2D eigenvalue weighted by Crippen LogP contribution is 2.25. The Morgan fingerprint density at radius 1 is 1.14 bits per heavy atom. The smallest absolute Gasteiger partial charge is 0.220 e. The van der Waals surface area contributed by atoms with Crippen molar-refractivity contribution in [3.05, 3.63) is 17.0 Å². The van der Waals surface area contributed by atoms with Gasteiger partial charge in [-0.15, -0.1) is 0 Å². The summed E-state index contributed by atoms with van der Waals surface area (Å²) in [5.41, 5.74) is 3.55. The second-order valence-corrected chi connectivity index (χ2v) is 9.42. The molecule has 1 amide bonds. The van der Waals surface area contributed by atoms with Gasteiger partial charge in [-0.05, 0) is 51.0 Å². The van der Waals surface area contributed by atoms with Crippen LogP contribution in [0.4, 0.5) is 0 Å². The fourth-order valence-electron chi connectivity index (χ4n) is 5.02. The number of hydrogen-bond donors (Lipinski definition) is 1. The van der Waals surface area contributed by atoms with Crippen molar-refractivity contribution in [2.45, 2.75) is 104 Å². The van der Waals surface area contributed by atoms with Crippen LogP contribution in [0.15, 0.2) is 0 Å². The lowest BCUT2D eigenvalue weighted by atomic mass is 10.1. The van der Waals surface area contributed by atoms with E-state index in [0.717, 1.165) is 44.2 Å². The zero-order valence-electron chi connectivity index (χ0n) is 18.5. The quantitative estimate of drug-likeness (QED) is 0.718. The summed E-state index contributed by atoms with van der Waals surface area (Å²) >= 11 is 0. The van der Waals surface area contributed by atoms with Gasteiger partial charge in [0, 0.05) is 43.8 Å². The summed E-state index contributed by atoms with van der Waals surface area (Å²) in [4.78, 5) is 15.2. The van der Waals surface area contributed by atoms with Crippen LogP contribution < -0.4 is 5.32 Å². The molecule has 1 aliphatic carbocycles. The van der Waals surface area contributed by atoms with Crippen molar-refractivity contribution in [2.24, 2.45) is 5.92 Å². The van der Waals surface area contributed by atoms with Crippen LogP contribution in [0.1, 0.15) is 82.2 Å². The predicted octanol–water partition coefficient (Wildman–Crippen LogP) is 4.00. The van der Waals surface area contributed by atoms with E-state index < -0.39 is 0 Å². The molecule has 158 valence electrons. The summed E-state index contributed by atoms with van der Waals surface area (Å²) in [6.07, 6.45) is 10.7. The zero-order valence-corrected chi connectivity index (χ0v) is 18.5. The molecule has 2 heterocycles. The van der Waals surface area contributed by atoms with Crippen molar-refractivity contribution in [2.75, 3.05) is 13.1 Å². The Labute approximate surface area is 171 Å². The van der Waals surface area contributed by atoms with Crippen LogP contribution in [0.3, 0.4) is 0 Å². The third-order valence-electron chi connectivity index (χ3n) is 6.60. The largest absolute Gasteiger partial charge is 0.352 e. The highest BCUT2D eigenvalue weighted by Gasteiger charge is 2.29. The third kappa shape index (κ3) is 5.59. The second-order valence-electron chi connectivity index (χ2n) is 9.42. The first-order chi connectivity index (χ1) is 13.4. The maximum Gasteiger partial charge on any atom is 0.220 e. The van der Waals surface area contributed by atoms with Gasteiger partial charge in [0.05, 0.1) is 5.69 Å². The van der Waals surface area contributed by atoms with Crippen molar-refractivity contribution in [3.63, 3.8) is 0 Å². The Balaban J connectivity index is 1.45. The number of nitrogens with one attached hydrogen (secondary N) is 1. The van der Waals surface area contributed by atoms with Crippen LogP contribution >= 0.6 is 0 Å². The summed E-state index contributed by atoms with van der Waals surface area (Å²) in [6.45, 7) is 11.8. The van der Waals surface area contributed by atoms with Gasteiger partial charge < -0.3 is 5.32 Å². The monoisotopic (exact) mass is 388 g/mol. The van der Waals surface area contributed by atoms with E-state index in [4.69, 9.17) is 0 Å². The Morgan fingerprint density at radius 3 is 2.54 bits per heavy atom. The minimum absolute atomic E-state index is 0.197. The second kappa shape index (κ2) is 9.91. The SMILES string of the molecule is Cc1nn(CC(C)C)c(C)c1CCC(=O)NC1CCN(C2CCCCCC2)C1. The molecular weight excluding hydrogens is 348 g/mol. The van der Waals surface area contributed by atoms with E-state index in [1.54, 1.807) is 0 Å². The van der Waals surface area contributed by atoms with Gasteiger partial charge >= 0.3 is 0 Å². The number of carbonyl (C=O) groups excluding carboxylic acids is 1. The number of rotatable bonds is 7. The molecule has 28 heavy (non-hydrogen) atoms. The molecule has 2 aliphatic rings. The van der Waals surface area contributed by atoms with Gasteiger partial charge in [0.1, 0.15) is 0 Å². The van der Waals surface area contributed by atoms with Crippen molar-refractivity contribution >= 4 is 5.91 Å². The highest BCUT2D eigenvalue weighted by atomic mass is 16.1. The van der Waals surface area contributed by atoms with E-state index in [1.165, 1.54) is 49.8 Å². The average Bonchev–Trinajstić information content (AvgIpc) is 3.06. The molecule has 0 radical (unpaired) electrons. The number of amides is 1. The lowest BCUT2D eigenvalue weighted by Crippen LogP contribution is -2.39. The normalized spacial score (nSPS) is 22.0. The summed E-state index contributed by atoms with van der Waals surface area (Å²) in [5.74, 6) is 0.774. The van der Waals surface area contributed by atoms with E-state index in [0.29, 0.717) is 18.4 Å². The lowest BCUT2D eigenvalue weighted by Gasteiger charge is -2.26. The molecule has 1 saturated carbocycles. The van der Waals surface area contributed by atoms with Crippen molar-refractivity contribution in [3.8, 4) is 0 Å². The lowest BCUT2D eigenvalue weighted by molar-refractivity contribution is -0.121. The van der Waals surface area contributed by atoms with Gasteiger partial charge in [-0.3, -0.25) is 14.4 Å². The summed E-state index contributed by atoms with van der Waals surface area (Å²) < 4.78 is 2.11. The van der Waals surface area contributed by atoms with Crippen molar-refractivity contribution < 1.29 is 4.79 Å². The molecule has 1 N–H and O–H groups in total. The maximum absolute atomic E-state index is 12.6. The molecule has 1 aromatic rings. The van der Waals surface area contributed by atoms with Gasteiger partial charge in [-0.25, -0.2) is 0 Å². The molecule has 1 aliphatic heterocycles. The number of aromatic nitrogens is 2. The fourth-order valence-corrected chi connectivity index (χ4v) is 5.02. The summed E-state index contributed by atoms with van der Waals surface area (Å²) in [5, 5.41) is 7.98. The molecule has 1 atom stereocenters. The molecule has 1 aromatic heterocycles. The Morgan fingerprint density at radius 2 is 1.86 bits per heavy atom. The molecule has 5 heteroatoms. The van der Waals surface area contributed by atoms with Gasteiger partial charge in [-0.1, -0.05) is 39.5 Å². The Hall–Kier alpha value is -1.36. The van der Waals surface area contributed by atoms with Gasteiger partial charge in [0.25, 0.3) is 0 Å². The molecule has 1 unspecified atom stereocenters. The Kier molecular flexibility index (Phi) is 7.55. The van der Waals surface area contributed by atoms with Crippen LogP contribution in [0.25, 0.3) is 0 Å². The van der Waals surface area contributed by atoms with Crippen molar-refractivity contribution in [1.82, 2.24) is 20.0 Å². The molecule has 0 aromatic carbocycles. The van der Waals surface area contributed by atoms with E-state index in [-0.39, 0.29) is 5.91 Å². The van der Waals surface area contributed by atoms with E-state index in [9.17, 15) is 4.79 Å². The minimum Gasteiger partial charge on any atom is -0.352 e. The molecule has 2 fully saturated rings. The van der Waals surface area contributed by atoms with E-state index >= 15 is 0 Å². The number of carbonyl (C=O) groups is 1. The number of aryl methyl sites for hydroxylation is 1. The first-order valence-electron chi connectivity index (χ1n) is 11.5. The average molecular weight is 389 g/mol. The van der Waals surface area contributed by atoms with Gasteiger partial charge in [0.2, 0.25) is 5.91 Å². The van der Waals surface area contributed by atoms with E-state index in [1.807, 2.05) is 0 Å². The molecule has 1 saturated heterocycles. The first-order valence-corrected chi connectivity index (χ1v) is 11.5. The van der Waals surface area contributed by atoms with Gasteiger partial charge in [0.15, 0.2) is 0 Å². The highest BCUT2D eigenvalue weighted by molar-refractivity contribution is 5.76. The van der Waals surface area contributed by atoms with Crippen LogP contribution in [0, 0.1) is 19.8 Å². The van der Waals surface area contributed by atoms with Crippen LogP contribution in [-0.4, -0.2) is 45.8 Å². The molecule has 0 spiro atoms. The summed E-state index contributed by atoms with van der Waals surface area (Å²) in [7, 11) is 0. The minimum atomic E-state index is 0.197. The number of likely N-dealkylation sites (tertiary alicyclic amines) is 1. The maximum atomic E-state index is 12.6.